The molecule has 1 saturated heterocycles. The molecule has 6 heteroatoms. The van der Waals surface area contributed by atoms with E-state index in [4.69, 9.17) is 9.47 Å². The number of esters is 1. The van der Waals surface area contributed by atoms with Gasteiger partial charge in [-0.05, 0) is 18.9 Å². The number of Topliss-reactive ketones (excluding diaryl/α,β-unsaturated/α-hetero) is 1. The van der Waals surface area contributed by atoms with Crippen LogP contribution < -0.4 is 0 Å². The van der Waals surface area contributed by atoms with Gasteiger partial charge in [-0.2, -0.15) is 0 Å². The summed E-state index contributed by atoms with van der Waals surface area (Å²) in [6, 6.07) is 8.70. The molecule has 6 nitrogen and oxygen atoms in total. The molecule has 3 rings (SSSR count). The van der Waals surface area contributed by atoms with Crippen LogP contribution >= 0.6 is 0 Å². The third kappa shape index (κ3) is 3.27. The zero-order chi connectivity index (χ0) is 17.2. The summed E-state index contributed by atoms with van der Waals surface area (Å²) in [7, 11) is 0. The van der Waals surface area contributed by atoms with E-state index < -0.39 is 18.1 Å². The Balaban J connectivity index is 1.67. The number of ether oxygens (including phenoxy) is 2. The lowest BCUT2D eigenvalue weighted by molar-refractivity contribution is -0.148. The highest BCUT2D eigenvalue weighted by atomic mass is 16.6. The van der Waals surface area contributed by atoms with E-state index in [9.17, 15) is 14.4 Å². The van der Waals surface area contributed by atoms with E-state index in [1.54, 1.807) is 6.92 Å². The Bertz CT molecular complexity index is 634. The number of hydrogen-bond acceptors (Lipinski definition) is 5. The van der Waals surface area contributed by atoms with Crippen LogP contribution in [0.5, 0.6) is 0 Å². The third-order valence-corrected chi connectivity index (χ3v) is 4.65. The summed E-state index contributed by atoms with van der Waals surface area (Å²) in [5, 5.41) is 0. The minimum atomic E-state index is -0.665. The van der Waals surface area contributed by atoms with Crippen molar-refractivity contribution >= 4 is 17.8 Å². The number of likely N-dealkylation sites (tertiary alicyclic amines) is 1. The minimum absolute atomic E-state index is 0.150. The van der Waals surface area contributed by atoms with Crippen LogP contribution in [0.2, 0.25) is 0 Å². The van der Waals surface area contributed by atoms with Crippen LogP contribution in [0.25, 0.3) is 0 Å². The van der Waals surface area contributed by atoms with E-state index in [0.29, 0.717) is 25.8 Å². The molecule has 1 aromatic rings. The first-order valence-electron chi connectivity index (χ1n) is 8.19. The number of hydrogen-bond donors (Lipinski definition) is 0. The maximum atomic E-state index is 12.5. The van der Waals surface area contributed by atoms with Crippen molar-refractivity contribution < 1.29 is 23.9 Å². The standard InChI is InChI=1S/C18H21NO5/c1-2-23-16(21)15-10-18(8-14(20)9-18)12-19(15)17(22)24-11-13-6-4-3-5-7-13/h3-7,15H,2,8-12H2,1H3. The molecule has 2 fully saturated rings. The molecule has 2 aliphatic rings. The molecule has 1 amide bonds. The van der Waals surface area contributed by atoms with Gasteiger partial charge in [-0.1, -0.05) is 30.3 Å². The van der Waals surface area contributed by atoms with E-state index in [2.05, 4.69) is 0 Å². The largest absolute Gasteiger partial charge is 0.464 e. The first-order chi connectivity index (χ1) is 11.5. The summed E-state index contributed by atoms with van der Waals surface area (Å²) in [4.78, 5) is 37.5. The van der Waals surface area contributed by atoms with Gasteiger partial charge in [0, 0.05) is 24.8 Å². The first-order valence-corrected chi connectivity index (χ1v) is 8.19. The van der Waals surface area contributed by atoms with Crippen LogP contribution in [-0.4, -0.2) is 41.9 Å². The fraction of sp³-hybridized carbons (Fsp3) is 0.500. The van der Waals surface area contributed by atoms with Crippen molar-refractivity contribution in [2.45, 2.75) is 38.8 Å². The maximum absolute atomic E-state index is 12.5. The van der Waals surface area contributed by atoms with Gasteiger partial charge >= 0.3 is 12.1 Å². The van der Waals surface area contributed by atoms with Crippen molar-refractivity contribution in [3.8, 4) is 0 Å². The summed E-state index contributed by atoms with van der Waals surface area (Å²) >= 11 is 0. The maximum Gasteiger partial charge on any atom is 0.410 e. The summed E-state index contributed by atoms with van der Waals surface area (Å²) in [5.41, 5.74) is 0.603. The van der Waals surface area contributed by atoms with Crippen LogP contribution in [0.4, 0.5) is 4.79 Å². The van der Waals surface area contributed by atoms with Gasteiger partial charge in [-0.15, -0.1) is 0 Å². The Morgan fingerprint density at radius 3 is 2.54 bits per heavy atom. The average Bonchev–Trinajstić information content (AvgIpc) is 2.94. The number of amides is 1. The van der Waals surface area contributed by atoms with Crippen LogP contribution in [0, 0.1) is 5.41 Å². The summed E-state index contributed by atoms with van der Waals surface area (Å²) in [5.74, 6) is -0.248. The highest BCUT2D eigenvalue weighted by molar-refractivity contribution is 5.89. The summed E-state index contributed by atoms with van der Waals surface area (Å²) < 4.78 is 10.4. The number of nitrogens with zero attached hydrogens (tertiary/aromatic N) is 1. The molecule has 1 aliphatic carbocycles. The van der Waals surface area contributed by atoms with Gasteiger partial charge in [-0.3, -0.25) is 9.69 Å². The highest BCUT2D eigenvalue weighted by Gasteiger charge is 2.55. The molecule has 1 aromatic carbocycles. The molecule has 128 valence electrons. The average molecular weight is 331 g/mol. The van der Waals surface area contributed by atoms with Gasteiger partial charge < -0.3 is 9.47 Å². The fourth-order valence-corrected chi connectivity index (χ4v) is 3.54. The fourth-order valence-electron chi connectivity index (χ4n) is 3.54. The van der Waals surface area contributed by atoms with E-state index >= 15 is 0 Å². The third-order valence-electron chi connectivity index (χ3n) is 4.65. The van der Waals surface area contributed by atoms with E-state index in [-0.39, 0.29) is 24.4 Å². The summed E-state index contributed by atoms with van der Waals surface area (Å²) in [6.07, 6.45) is 0.780. The minimum Gasteiger partial charge on any atom is -0.464 e. The van der Waals surface area contributed by atoms with E-state index in [1.807, 2.05) is 30.3 Å². The predicted molar refractivity (Wildman–Crippen MR) is 85.0 cm³/mol. The van der Waals surface area contributed by atoms with Gasteiger partial charge in [0.25, 0.3) is 0 Å². The van der Waals surface area contributed by atoms with Crippen LogP contribution in [0.15, 0.2) is 30.3 Å². The normalized spacial score (nSPS) is 21.5. The van der Waals surface area contributed by atoms with Crippen molar-refractivity contribution in [3.63, 3.8) is 0 Å². The zero-order valence-electron chi connectivity index (χ0n) is 13.7. The molecule has 1 aliphatic heterocycles. The van der Waals surface area contributed by atoms with Crippen molar-refractivity contribution in [2.24, 2.45) is 5.41 Å². The molecular formula is C18H21NO5. The van der Waals surface area contributed by atoms with E-state index in [1.165, 1.54) is 4.90 Å². The first kappa shape index (κ1) is 16.5. The molecule has 0 radical (unpaired) electrons. The van der Waals surface area contributed by atoms with Crippen LogP contribution in [0.3, 0.4) is 0 Å². The Labute approximate surface area is 140 Å². The van der Waals surface area contributed by atoms with Crippen LogP contribution in [0.1, 0.15) is 31.7 Å². The second kappa shape index (κ2) is 6.63. The van der Waals surface area contributed by atoms with Gasteiger partial charge in [0.05, 0.1) is 6.61 Å². The number of rotatable bonds is 4. The second-order valence-electron chi connectivity index (χ2n) is 6.53. The van der Waals surface area contributed by atoms with Crippen LogP contribution in [-0.2, 0) is 25.7 Å². The number of ketones is 1. The molecule has 1 saturated carbocycles. The molecule has 0 bridgehead atoms. The van der Waals surface area contributed by atoms with Gasteiger partial charge in [0.1, 0.15) is 18.4 Å². The SMILES string of the molecule is CCOC(=O)C1CC2(CC(=O)C2)CN1C(=O)OCc1ccccc1. The molecule has 1 heterocycles. The lowest BCUT2D eigenvalue weighted by Gasteiger charge is -2.35. The molecule has 24 heavy (non-hydrogen) atoms. The van der Waals surface area contributed by atoms with Gasteiger partial charge in [0.2, 0.25) is 0 Å². The molecule has 0 N–H and O–H groups in total. The topological polar surface area (TPSA) is 72.9 Å². The van der Waals surface area contributed by atoms with Crippen molar-refractivity contribution in [1.29, 1.82) is 0 Å². The van der Waals surface area contributed by atoms with Gasteiger partial charge in [0.15, 0.2) is 0 Å². The van der Waals surface area contributed by atoms with Crippen molar-refractivity contribution in [2.75, 3.05) is 13.2 Å². The molecule has 0 aromatic heterocycles. The Morgan fingerprint density at radius 1 is 1.21 bits per heavy atom. The monoisotopic (exact) mass is 331 g/mol. The lowest BCUT2D eigenvalue weighted by Crippen LogP contribution is -2.43. The molecule has 1 atom stereocenters. The quantitative estimate of drug-likeness (QED) is 0.792. The summed E-state index contributed by atoms with van der Waals surface area (Å²) in [6.45, 7) is 2.51. The van der Waals surface area contributed by atoms with E-state index in [0.717, 1.165) is 5.56 Å². The smallest absolute Gasteiger partial charge is 0.410 e. The number of benzene rings is 1. The highest BCUT2D eigenvalue weighted by Crippen LogP contribution is 2.48. The van der Waals surface area contributed by atoms with Crippen molar-refractivity contribution in [3.05, 3.63) is 35.9 Å². The van der Waals surface area contributed by atoms with Gasteiger partial charge in [-0.25, -0.2) is 9.59 Å². The molecule has 1 spiro atoms. The number of carbonyl (C=O) groups is 3. The second-order valence-corrected chi connectivity index (χ2v) is 6.53. The van der Waals surface area contributed by atoms with Crippen molar-refractivity contribution in [1.82, 2.24) is 4.90 Å². The Kier molecular flexibility index (Phi) is 4.55. The molecule has 1 unspecified atom stereocenters. The Morgan fingerprint density at radius 2 is 1.92 bits per heavy atom. The lowest BCUT2D eigenvalue weighted by atomic mass is 9.66. The predicted octanol–water partition coefficient (Wildman–Crippen LogP) is 2.31. The Hall–Kier alpha value is -2.37. The number of carbonyl (C=O) groups excluding carboxylic acids is 3. The molecular weight excluding hydrogens is 310 g/mol. The zero-order valence-corrected chi connectivity index (χ0v) is 13.7.